The molecule has 96 valence electrons. The number of aryl methyl sites for hydroxylation is 1. The maximum atomic E-state index is 11.4. The van der Waals surface area contributed by atoms with Gasteiger partial charge in [-0.1, -0.05) is 0 Å². The standard InChI is InChI=1S/C11H19N3O2S/c1-3-16-6-4-5-12-11(15)13-7-10-9(2)14-8-17-10/h8H,3-7H2,1-2H3,(H2,12,13,15). The molecule has 2 amide bonds. The van der Waals surface area contributed by atoms with Crippen LogP contribution in [0.5, 0.6) is 0 Å². The van der Waals surface area contributed by atoms with Crippen molar-refractivity contribution in [3.8, 4) is 0 Å². The van der Waals surface area contributed by atoms with Gasteiger partial charge in [0.2, 0.25) is 0 Å². The average molecular weight is 257 g/mol. The van der Waals surface area contributed by atoms with Crippen LogP contribution in [0.15, 0.2) is 5.51 Å². The van der Waals surface area contributed by atoms with E-state index in [0.29, 0.717) is 19.7 Å². The lowest BCUT2D eigenvalue weighted by Crippen LogP contribution is -2.35. The zero-order chi connectivity index (χ0) is 12.5. The van der Waals surface area contributed by atoms with Crippen molar-refractivity contribution in [1.29, 1.82) is 0 Å². The zero-order valence-corrected chi connectivity index (χ0v) is 11.1. The predicted molar refractivity (Wildman–Crippen MR) is 68.2 cm³/mol. The topological polar surface area (TPSA) is 63.2 Å². The first-order valence-corrected chi connectivity index (χ1v) is 6.60. The fraction of sp³-hybridized carbons (Fsp3) is 0.636. The Bertz CT molecular complexity index is 341. The Morgan fingerprint density at radius 1 is 1.53 bits per heavy atom. The maximum Gasteiger partial charge on any atom is 0.315 e. The summed E-state index contributed by atoms with van der Waals surface area (Å²) in [5, 5.41) is 5.57. The van der Waals surface area contributed by atoms with Crippen molar-refractivity contribution in [2.45, 2.75) is 26.8 Å². The highest BCUT2D eigenvalue weighted by atomic mass is 32.1. The third-order valence-corrected chi connectivity index (χ3v) is 3.14. The first-order valence-electron chi connectivity index (χ1n) is 5.72. The number of amides is 2. The van der Waals surface area contributed by atoms with Gasteiger partial charge in [-0.15, -0.1) is 11.3 Å². The molecule has 1 aromatic rings. The molecular formula is C11H19N3O2S. The number of rotatable bonds is 7. The number of carbonyl (C=O) groups is 1. The summed E-state index contributed by atoms with van der Waals surface area (Å²) in [6.45, 7) is 6.47. The molecule has 0 bridgehead atoms. The molecule has 1 heterocycles. The molecule has 0 aliphatic heterocycles. The molecule has 0 aliphatic rings. The normalized spacial score (nSPS) is 10.2. The number of thiazole rings is 1. The second-order valence-corrected chi connectivity index (χ2v) is 4.46. The summed E-state index contributed by atoms with van der Waals surface area (Å²) in [6, 6.07) is -0.144. The van der Waals surface area contributed by atoms with E-state index in [1.54, 1.807) is 16.8 Å². The Morgan fingerprint density at radius 3 is 3.00 bits per heavy atom. The molecule has 0 unspecified atom stereocenters. The summed E-state index contributed by atoms with van der Waals surface area (Å²) in [5.74, 6) is 0. The van der Waals surface area contributed by atoms with Crippen LogP contribution in [0.1, 0.15) is 23.9 Å². The van der Waals surface area contributed by atoms with Gasteiger partial charge in [-0.25, -0.2) is 9.78 Å². The van der Waals surface area contributed by atoms with Crippen LogP contribution in [0.4, 0.5) is 4.79 Å². The Labute approximate surface area is 106 Å². The number of ether oxygens (including phenoxy) is 1. The molecular weight excluding hydrogens is 238 g/mol. The minimum atomic E-state index is -0.144. The smallest absolute Gasteiger partial charge is 0.315 e. The van der Waals surface area contributed by atoms with Crippen LogP contribution >= 0.6 is 11.3 Å². The summed E-state index contributed by atoms with van der Waals surface area (Å²) in [6.07, 6.45) is 0.834. The van der Waals surface area contributed by atoms with E-state index in [4.69, 9.17) is 4.74 Å². The highest BCUT2D eigenvalue weighted by molar-refractivity contribution is 7.09. The lowest BCUT2D eigenvalue weighted by molar-refractivity contribution is 0.145. The molecule has 0 aliphatic carbocycles. The molecule has 17 heavy (non-hydrogen) atoms. The van der Waals surface area contributed by atoms with Crippen molar-refractivity contribution in [2.75, 3.05) is 19.8 Å². The van der Waals surface area contributed by atoms with Gasteiger partial charge < -0.3 is 15.4 Å². The monoisotopic (exact) mass is 257 g/mol. The summed E-state index contributed by atoms with van der Waals surface area (Å²) >= 11 is 1.55. The van der Waals surface area contributed by atoms with Crippen molar-refractivity contribution in [2.24, 2.45) is 0 Å². The largest absolute Gasteiger partial charge is 0.382 e. The van der Waals surface area contributed by atoms with Crippen LogP contribution in [0.3, 0.4) is 0 Å². The zero-order valence-electron chi connectivity index (χ0n) is 10.3. The van der Waals surface area contributed by atoms with E-state index < -0.39 is 0 Å². The number of aromatic nitrogens is 1. The summed E-state index contributed by atoms with van der Waals surface area (Å²) in [4.78, 5) is 16.6. The first kappa shape index (κ1) is 13.9. The summed E-state index contributed by atoms with van der Waals surface area (Å²) < 4.78 is 5.17. The molecule has 0 aromatic carbocycles. The fourth-order valence-electron chi connectivity index (χ4n) is 1.24. The van der Waals surface area contributed by atoms with Crippen LogP contribution in [-0.4, -0.2) is 30.8 Å². The van der Waals surface area contributed by atoms with Crippen molar-refractivity contribution in [3.05, 3.63) is 16.1 Å². The average Bonchev–Trinajstić information content (AvgIpc) is 2.72. The van der Waals surface area contributed by atoms with Crippen LogP contribution in [-0.2, 0) is 11.3 Å². The van der Waals surface area contributed by atoms with Crippen molar-refractivity contribution < 1.29 is 9.53 Å². The van der Waals surface area contributed by atoms with Gasteiger partial charge in [0.15, 0.2) is 0 Å². The molecule has 6 heteroatoms. The SMILES string of the molecule is CCOCCCNC(=O)NCc1scnc1C. The number of nitrogens with one attached hydrogen (secondary N) is 2. The van der Waals surface area contributed by atoms with E-state index in [2.05, 4.69) is 15.6 Å². The van der Waals surface area contributed by atoms with E-state index in [1.165, 1.54) is 0 Å². The maximum absolute atomic E-state index is 11.4. The lowest BCUT2D eigenvalue weighted by Gasteiger charge is -2.06. The van der Waals surface area contributed by atoms with E-state index in [9.17, 15) is 4.79 Å². The lowest BCUT2D eigenvalue weighted by atomic mass is 10.4. The van der Waals surface area contributed by atoms with Gasteiger partial charge in [0, 0.05) is 24.6 Å². The summed E-state index contributed by atoms with van der Waals surface area (Å²) in [7, 11) is 0. The van der Waals surface area contributed by atoms with Gasteiger partial charge in [-0.05, 0) is 20.3 Å². The fourth-order valence-corrected chi connectivity index (χ4v) is 1.96. The molecule has 0 saturated heterocycles. The minimum absolute atomic E-state index is 0.144. The Balaban J connectivity index is 2.07. The van der Waals surface area contributed by atoms with Crippen LogP contribution in [0.2, 0.25) is 0 Å². The highest BCUT2D eigenvalue weighted by Crippen LogP contribution is 2.10. The third-order valence-electron chi connectivity index (χ3n) is 2.21. The second-order valence-electron chi connectivity index (χ2n) is 3.52. The van der Waals surface area contributed by atoms with Gasteiger partial charge in [-0.2, -0.15) is 0 Å². The number of nitrogens with zero attached hydrogens (tertiary/aromatic N) is 1. The molecule has 0 saturated carbocycles. The van der Waals surface area contributed by atoms with Gasteiger partial charge in [0.05, 0.1) is 17.7 Å². The Kier molecular flexibility index (Phi) is 6.57. The quantitative estimate of drug-likeness (QED) is 0.730. The summed E-state index contributed by atoms with van der Waals surface area (Å²) in [5.41, 5.74) is 2.76. The second kappa shape index (κ2) is 8.03. The molecule has 5 nitrogen and oxygen atoms in total. The number of hydrogen-bond acceptors (Lipinski definition) is 4. The van der Waals surface area contributed by atoms with E-state index in [0.717, 1.165) is 23.6 Å². The first-order chi connectivity index (χ1) is 8.24. The Morgan fingerprint density at radius 2 is 2.35 bits per heavy atom. The van der Waals surface area contributed by atoms with Gasteiger partial charge >= 0.3 is 6.03 Å². The molecule has 2 N–H and O–H groups in total. The molecule has 1 rings (SSSR count). The highest BCUT2D eigenvalue weighted by Gasteiger charge is 2.03. The van der Waals surface area contributed by atoms with Crippen LogP contribution in [0.25, 0.3) is 0 Å². The van der Waals surface area contributed by atoms with E-state index in [-0.39, 0.29) is 6.03 Å². The Hall–Kier alpha value is -1.14. The van der Waals surface area contributed by atoms with Gasteiger partial charge in [-0.3, -0.25) is 0 Å². The van der Waals surface area contributed by atoms with Crippen LogP contribution in [0, 0.1) is 6.92 Å². The van der Waals surface area contributed by atoms with Crippen LogP contribution < -0.4 is 10.6 Å². The number of hydrogen-bond donors (Lipinski definition) is 2. The molecule has 0 atom stereocenters. The molecule has 0 spiro atoms. The molecule has 0 fully saturated rings. The van der Waals surface area contributed by atoms with Gasteiger partial charge in [0.1, 0.15) is 0 Å². The van der Waals surface area contributed by atoms with Crippen molar-refractivity contribution >= 4 is 17.4 Å². The molecule has 1 aromatic heterocycles. The van der Waals surface area contributed by atoms with Gasteiger partial charge in [0.25, 0.3) is 0 Å². The minimum Gasteiger partial charge on any atom is -0.382 e. The van der Waals surface area contributed by atoms with E-state index in [1.807, 2.05) is 13.8 Å². The van der Waals surface area contributed by atoms with Crippen molar-refractivity contribution in [3.63, 3.8) is 0 Å². The third kappa shape index (κ3) is 5.65. The molecule has 0 radical (unpaired) electrons. The van der Waals surface area contributed by atoms with E-state index >= 15 is 0 Å². The number of carbonyl (C=O) groups excluding carboxylic acids is 1. The van der Waals surface area contributed by atoms with Crippen molar-refractivity contribution in [1.82, 2.24) is 15.6 Å². The number of urea groups is 1. The predicted octanol–water partition coefficient (Wildman–Crippen LogP) is 1.68.